The molecule has 0 spiro atoms. The summed E-state index contributed by atoms with van der Waals surface area (Å²) in [6.45, 7) is 0.585. The normalized spacial score (nSPS) is 19.0. The smallest absolute Gasteiger partial charge is 0.408 e. The number of hydrogen-bond acceptors (Lipinski definition) is 4. The second kappa shape index (κ2) is 2.71. The summed E-state index contributed by atoms with van der Waals surface area (Å²) >= 11 is 0. The zero-order valence-electron chi connectivity index (χ0n) is 7.82. The molecule has 2 aromatic rings. The molecule has 0 radical (unpaired) electrons. The Bertz CT molecular complexity index is 564. The number of rotatable bonds is 1. The second-order valence-corrected chi connectivity index (χ2v) is 3.75. The maximum absolute atomic E-state index is 10.9. The van der Waals surface area contributed by atoms with Crippen LogP contribution in [0.2, 0.25) is 0 Å². The van der Waals surface area contributed by atoms with Crippen LogP contribution in [-0.2, 0) is 10.3 Å². The highest BCUT2D eigenvalue weighted by molar-refractivity contribution is 5.73. The zero-order valence-corrected chi connectivity index (χ0v) is 7.82. The molecular weight excluding hydrogens is 198 g/mol. The van der Waals surface area contributed by atoms with Crippen LogP contribution in [0.5, 0.6) is 0 Å². The maximum atomic E-state index is 10.9. The van der Waals surface area contributed by atoms with Gasteiger partial charge < -0.3 is 14.3 Å². The minimum Gasteiger partial charge on any atom is -0.408 e. The molecule has 5 heteroatoms. The van der Waals surface area contributed by atoms with Crippen LogP contribution in [0.25, 0.3) is 11.1 Å². The number of aromatic nitrogens is 1. The van der Waals surface area contributed by atoms with Crippen molar-refractivity contribution in [2.75, 3.05) is 13.2 Å². The van der Waals surface area contributed by atoms with Crippen LogP contribution >= 0.6 is 0 Å². The molecule has 78 valence electrons. The predicted octanol–water partition coefficient (Wildman–Crippen LogP) is 0.339. The Kier molecular flexibility index (Phi) is 1.57. The molecule has 2 heterocycles. The third-order valence-electron chi connectivity index (χ3n) is 2.64. The van der Waals surface area contributed by atoms with Crippen molar-refractivity contribution >= 4 is 11.1 Å². The summed E-state index contributed by atoms with van der Waals surface area (Å²) < 4.78 is 9.83. The van der Waals surface area contributed by atoms with Gasteiger partial charge in [-0.2, -0.15) is 0 Å². The van der Waals surface area contributed by atoms with Gasteiger partial charge in [-0.3, -0.25) is 4.98 Å². The minimum atomic E-state index is -0.914. The van der Waals surface area contributed by atoms with E-state index in [1.54, 1.807) is 18.2 Å². The first-order valence-electron chi connectivity index (χ1n) is 4.61. The Hall–Kier alpha value is -1.59. The monoisotopic (exact) mass is 207 g/mol. The summed E-state index contributed by atoms with van der Waals surface area (Å²) in [5, 5.41) is 10.00. The highest BCUT2D eigenvalue weighted by atomic mass is 16.5. The Morgan fingerprint density at radius 2 is 2.20 bits per heavy atom. The molecule has 1 aromatic carbocycles. The van der Waals surface area contributed by atoms with Gasteiger partial charge in [0.2, 0.25) is 0 Å². The van der Waals surface area contributed by atoms with E-state index in [0.717, 1.165) is 5.56 Å². The van der Waals surface area contributed by atoms with Crippen molar-refractivity contribution in [1.82, 2.24) is 4.98 Å². The molecule has 1 fully saturated rings. The van der Waals surface area contributed by atoms with Crippen molar-refractivity contribution in [2.45, 2.75) is 5.60 Å². The molecule has 15 heavy (non-hydrogen) atoms. The maximum Gasteiger partial charge on any atom is 0.417 e. The number of aromatic amines is 1. The topological polar surface area (TPSA) is 75.5 Å². The number of aliphatic hydroxyl groups is 1. The van der Waals surface area contributed by atoms with Crippen molar-refractivity contribution in [1.29, 1.82) is 0 Å². The Morgan fingerprint density at radius 3 is 2.87 bits per heavy atom. The molecule has 0 unspecified atom stereocenters. The molecule has 0 aliphatic carbocycles. The fourth-order valence-electron chi connectivity index (χ4n) is 1.70. The van der Waals surface area contributed by atoms with Gasteiger partial charge in [-0.1, -0.05) is 6.07 Å². The largest absolute Gasteiger partial charge is 0.417 e. The number of hydrogen-bond donors (Lipinski definition) is 2. The van der Waals surface area contributed by atoms with E-state index in [4.69, 9.17) is 9.15 Å². The molecule has 2 N–H and O–H groups in total. The molecule has 1 saturated heterocycles. The van der Waals surface area contributed by atoms with E-state index >= 15 is 0 Å². The second-order valence-electron chi connectivity index (χ2n) is 3.75. The number of nitrogens with one attached hydrogen (secondary N) is 1. The van der Waals surface area contributed by atoms with Crippen molar-refractivity contribution in [2.24, 2.45) is 0 Å². The third-order valence-corrected chi connectivity index (χ3v) is 2.64. The van der Waals surface area contributed by atoms with Crippen LogP contribution in [0, 0.1) is 0 Å². The van der Waals surface area contributed by atoms with Gasteiger partial charge >= 0.3 is 5.76 Å². The molecule has 0 saturated carbocycles. The zero-order chi connectivity index (χ0) is 10.5. The van der Waals surface area contributed by atoms with Gasteiger partial charge in [0.05, 0.1) is 18.7 Å². The Balaban J connectivity index is 2.17. The Labute approximate surface area is 84.3 Å². The van der Waals surface area contributed by atoms with Crippen molar-refractivity contribution in [3.8, 4) is 0 Å². The van der Waals surface area contributed by atoms with Crippen LogP contribution in [0.3, 0.4) is 0 Å². The summed E-state index contributed by atoms with van der Waals surface area (Å²) in [4.78, 5) is 13.5. The lowest BCUT2D eigenvalue weighted by atomic mass is 9.92. The van der Waals surface area contributed by atoms with E-state index in [0.29, 0.717) is 24.3 Å². The highest BCUT2D eigenvalue weighted by Crippen LogP contribution is 2.30. The molecule has 1 aliphatic rings. The SMILES string of the molecule is O=c1[nH]c2cc(C3(O)COC3)ccc2o1. The van der Waals surface area contributed by atoms with Gasteiger partial charge in [-0.25, -0.2) is 4.79 Å². The lowest BCUT2D eigenvalue weighted by Gasteiger charge is -2.36. The first kappa shape index (κ1) is 8.70. The van der Waals surface area contributed by atoms with E-state index in [-0.39, 0.29) is 0 Å². The molecular formula is C10H9NO4. The molecule has 0 bridgehead atoms. The number of H-pyrrole nitrogens is 1. The van der Waals surface area contributed by atoms with E-state index in [1.807, 2.05) is 0 Å². The summed E-state index contributed by atoms with van der Waals surface area (Å²) in [5.41, 5.74) is 0.909. The Morgan fingerprint density at radius 1 is 1.40 bits per heavy atom. The third kappa shape index (κ3) is 1.20. The van der Waals surface area contributed by atoms with Crippen LogP contribution in [0.15, 0.2) is 27.4 Å². The van der Waals surface area contributed by atoms with Crippen LogP contribution in [0.4, 0.5) is 0 Å². The molecule has 1 aliphatic heterocycles. The molecule has 1 aromatic heterocycles. The van der Waals surface area contributed by atoms with Gasteiger partial charge in [-0.15, -0.1) is 0 Å². The first-order valence-corrected chi connectivity index (χ1v) is 4.61. The molecule has 0 amide bonds. The highest BCUT2D eigenvalue weighted by Gasteiger charge is 2.38. The van der Waals surface area contributed by atoms with Crippen LogP contribution < -0.4 is 5.76 Å². The van der Waals surface area contributed by atoms with E-state index in [9.17, 15) is 9.90 Å². The van der Waals surface area contributed by atoms with Gasteiger partial charge in [-0.05, 0) is 17.7 Å². The van der Waals surface area contributed by atoms with E-state index < -0.39 is 11.4 Å². The minimum absolute atomic E-state index is 0.292. The van der Waals surface area contributed by atoms with Gasteiger partial charge in [0.1, 0.15) is 5.60 Å². The standard InChI is InChI=1S/C10H9NO4/c12-9-11-7-3-6(1-2-8(7)15-9)10(13)4-14-5-10/h1-3,13H,4-5H2,(H,11,12). The van der Waals surface area contributed by atoms with Crippen LogP contribution in [0.1, 0.15) is 5.56 Å². The van der Waals surface area contributed by atoms with Crippen molar-refractivity contribution in [3.05, 3.63) is 34.3 Å². The van der Waals surface area contributed by atoms with Crippen LogP contribution in [-0.4, -0.2) is 23.3 Å². The fraction of sp³-hybridized carbons (Fsp3) is 0.300. The summed E-state index contributed by atoms with van der Waals surface area (Å²) in [5.74, 6) is -0.487. The summed E-state index contributed by atoms with van der Waals surface area (Å²) in [6, 6.07) is 5.11. The summed E-state index contributed by atoms with van der Waals surface area (Å²) in [7, 11) is 0. The number of ether oxygens (including phenoxy) is 1. The average Bonchev–Trinajstić information content (AvgIpc) is 2.53. The number of fused-ring (bicyclic) bond motifs is 1. The lowest BCUT2D eigenvalue weighted by Crippen LogP contribution is -2.46. The van der Waals surface area contributed by atoms with E-state index in [1.165, 1.54) is 0 Å². The van der Waals surface area contributed by atoms with Gasteiger partial charge in [0.15, 0.2) is 5.58 Å². The first-order chi connectivity index (χ1) is 7.17. The number of benzene rings is 1. The average molecular weight is 207 g/mol. The van der Waals surface area contributed by atoms with Crippen molar-refractivity contribution in [3.63, 3.8) is 0 Å². The summed E-state index contributed by atoms with van der Waals surface area (Å²) in [6.07, 6.45) is 0. The van der Waals surface area contributed by atoms with Crippen molar-refractivity contribution < 1.29 is 14.3 Å². The predicted molar refractivity (Wildman–Crippen MR) is 51.6 cm³/mol. The van der Waals surface area contributed by atoms with Gasteiger partial charge in [0, 0.05) is 0 Å². The van der Waals surface area contributed by atoms with Gasteiger partial charge in [0.25, 0.3) is 0 Å². The van der Waals surface area contributed by atoms with E-state index in [2.05, 4.69) is 4.98 Å². The lowest BCUT2D eigenvalue weighted by molar-refractivity contribution is -0.184. The number of oxazole rings is 1. The quantitative estimate of drug-likeness (QED) is 0.707. The fourth-order valence-corrected chi connectivity index (χ4v) is 1.70. The molecule has 0 atom stereocenters. The molecule has 3 rings (SSSR count). The molecule has 5 nitrogen and oxygen atoms in total.